The number of hydrogen-bond acceptors (Lipinski definition) is 8. The molecule has 2 aromatic rings. The summed E-state index contributed by atoms with van der Waals surface area (Å²) in [5, 5.41) is 3.66. The second-order valence-corrected chi connectivity index (χ2v) is 5.52. The van der Waals surface area contributed by atoms with Crippen molar-refractivity contribution in [2.24, 2.45) is 0 Å². The van der Waals surface area contributed by atoms with E-state index < -0.39 is 0 Å². The van der Waals surface area contributed by atoms with Crippen LogP contribution < -0.4 is 9.64 Å². The first-order valence-corrected chi connectivity index (χ1v) is 7.50. The average molecular weight is 333 g/mol. The fourth-order valence-electron chi connectivity index (χ4n) is 2.38. The lowest BCUT2D eigenvalue weighted by Crippen LogP contribution is -2.42. The minimum absolute atomic E-state index is 0.143. The van der Waals surface area contributed by atoms with Crippen LogP contribution in [0.2, 0.25) is 0 Å². The van der Waals surface area contributed by atoms with Crippen LogP contribution in [0.15, 0.2) is 22.9 Å². The van der Waals surface area contributed by atoms with Gasteiger partial charge in [-0.25, -0.2) is 9.97 Å². The molecule has 0 spiro atoms. The van der Waals surface area contributed by atoms with Crippen LogP contribution in [-0.4, -0.2) is 66.8 Å². The summed E-state index contributed by atoms with van der Waals surface area (Å²) in [4.78, 5) is 24.7. The van der Waals surface area contributed by atoms with Crippen LogP contribution >= 0.6 is 0 Å². The summed E-state index contributed by atoms with van der Waals surface area (Å²) >= 11 is 0. The van der Waals surface area contributed by atoms with E-state index in [0.29, 0.717) is 25.6 Å². The van der Waals surface area contributed by atoms with Gasteiger partial charge in [-0.15, -0.1) is 0 Å². The smallest absolute Gasteiger partial charge is 0.292 e. The van der Waals surface area contributed by atoms with E-state index in [-0.39, 0.29) is 23.7 Å². The molecule has 1 saturated heterocycles. The minimum atomic E-state index is -0.311. The second-order valence-electron chi connectivity index (χ2n) is 5.52. The van der Waals surface area contributed by atoms with Gasteiger partial charge in [0, 0.05) is 26.8 Å². The number of anilines is 1. The highest BCUT2D eigenvalue weighted by molar-refractivity contribution is 5.91. The van der Waals surface area contributed by atoms with E-state index in [2.05, 4.69) is 15.1 Å². The van der Waals surface area contributed by atoms with E-state index >= 15 is 0 Å². The fourth-order valence-corrected chi connectivity index (χ4v) is 2.38. The SMILES string of the molecule is COc1cc(C(=O)N2CCOC(c3ccnc(N(C)C)n3)C2)on1. The van der Waals surface area contributed by atoms with Crippen molar-refractivity contribution in [3.63, 3.8) is 0 Å². The van der Waals surface area contributed by atoms with Gasteiger partial charge in [0.25, 0.3) is 11.8 Å². The Bertz CT molecular complexity index is 717. The Hall–Kier alpha value is -2.68. The molecule has 9 nitrogen and oxygen atoms in total. The third-order valence-electron chi connectivity index (χ3n) is 3.66. The van der Waals surface area contributed by atoms with Crippen LogP contribution in [0.4, 0.5) is 5.95 Å². The molecule has 1 aliphatic rings. The molecule has 24 heavy (non-hydrogen) atoms. The number of carbonyl (C=O) groups is 1. The Balaban J connectivity index is 1.74. The van der Waals surface area contributed by atoms with Crippen molar-refractivity contribution in [1.29, 1.82) is 0 Å². The Morgan fingerprint density at radius 1 is 1.46 bits per heavy atom. The van der Waals surface area contributed by atoms with Crippen LogP contribution in [0.1, 0.15) is 22.4 Å². The van der Waals surface area contributed by atoms with Gasteiger partial charge in [-0.05, 0) is 11.2 Å². The normalized spacial score (nSPS) is 17.6. The fraction of sp³-hybridized carbons (Fsp3) is 0.467. The molecule has 3 rings (SSSR count). The van der Waals surface area contributed by atoms with E-state index in [1.54, 1.807) is 17.2 Å². The van der Waals surface area contributed by atoms with E-state index in [1.807, 2.05) is 19.0 Å². The number of aromatic nitrogens is 3. The highest BCUT2D eigenvalue weighted by Gasteiger charge is 2.29. The molecule has 2 aromatic heterocycles. The van der Waals surface area contributed by atoms with Gasteiger partial charge < -0.3 is 23.8 Å². The molecular formula is C15H19N5O4. The topological polar surface area (TPSA) is 93.8 Å². The van der Waals surface area contributed by atoms with Gasteiger partial charge in [0.05, 0.1) is 32.0 Å². The monoisotopic (exact) mass is 333 g/mol. The van der Waals surface area contributed by atoms with Crippen LogP contribution in [0.3, 0.4) is 0 Å². The lowest BCUT2D eigenvalue weighted by Gasteiger charge is -2.32. The Labute approximate surface area is 139 Å². The van der Waals surface area contributed by atoms with Crippen molar-refractivity contribution < 1.29 is 18.8 Å². The van der Waals surface area contributed by atoms with E-state index in [1.165, 1.54) is 13.2 Å². The highest BCUT2D eigenvalue weighted by Crippen LogP contribution is 2.23. The van der Waals surface area contributed by atoms with Gasteiger partial charge in [-0.2, -0.15) is 0 Å². The maximum absolute atomic E-state index is 12.5. The largest absolute Gasteiger partial charge is 0.479 e. The molecule has 0 radical (unpaired) electrons. The molecule has 1 aliphatic heterocycles. The summed E-state index contributed by atoms with van der Waals surface area (Å²) in [6.45, 7) is 1.28. The van der Waals surface area contributed by atoms with Gasteiger partial charge in [-0.1, -0.05) is 0 Å². The molecule has 1 amide bonds. The number of hydrogen-bond donors (Lipinski definition) is 0. The zero-order valence-corrected chi connectivity index (χ0v) is 13.8. The predicted molar refractivity (Wildman–Crippen MR) is 84.0 cm³/mol. The lowest BCUT2D eigenvalue weighted by molar-refractivity contribution is -0.0258. The standard InChI is InChI=1S/C15H19N5O4/c1-19(2)15-16-5-4-10(17-15)12-9-20(6-7-23-12)14(21)11-8-13(22-3)18-24-11/h4-5,8,12H,6-7,9H2,1-3H3. The van der Waals surface area contributed by atoms with Crippen LogP contribution in [-0.2, 0) is 4.74 Å². The molecule has 0 aliphatic carbocycles. The zero-order chi connectivity index (χ0) is 17.1. The number of morpholine rings is 1. The second kappa shape index (κ2) is 6.83. The third kappa shape index (κ3) is 3.30. The Kier molecular flexibility index (Phi) is 4.61. The molecular weight excluding hydrogens is 314 g/mol. The van der Waals surface area contributed by atoms with Crippen molar-refractivity contribution in [3.05, 3.63) is 29.8 Å². The first kappa shape index (κ1) is 16.2. The summed E-state index contributed by atoms with van der Waals surface area (Å²) in [5.41, 5.74) is 0.737. The number of ether oxygens (including phenoxy) is 2. The Morgan fingerprint density at radius 2 is 2.29 bits per heavy atom. The third-order valence-corrected chi connectivity index (χ3v) is 3.66. The lowest BCUT2D eigenvalue weighted by atomic mass is 10.2. The van der Waals surface area contributed by atoms with E-state index in [0.717, 1.165) is 5.69 Å². The maximum Gasteiger partial charge on any atom is 0.292 e. The van der Waals surface area contributed by atoms with E-state index in [4.69, 9.17) is 14.0 Å². The number of amides is 1. The molecule has 0 N–H and O–H groups in total. The summed E-state index contributed by atoms with van der Waals surface area (Å²) in [5.74, 6) is 0.763. The van der Waals surface area contributed by atoms with Gasteiger partial charge in [0.1, 0.15) is 6.10 Å². The number of nitrogens with zero attached hydrogens (tertiary/aromatic N) is 5. The number of rotatable bonds is 4. The Morgan fingerprint density at radius 3 is 3.00 bits per heavy atom. The predicted octanol–water partition coefficient (Wildman–Crippen LogP) is 0.753. The zero-order valence-electron chi connectivity index (χ0n) is 13.8. The number of carbonyl (C=O) groups excluding carboxylic acids is 1. The van der Waals surface area contributed by atoms with Crippen molar-refractivity contribution in [2.75, 3.05) is 45.8 Å². The molecule has 3 heterocycles. The molecule has 0 bridgehead atoms. The molecule has 0 saturated carbocycles. The highest BCUT2D eigenvalue weighted by atomic mass is 16.5. The van der Waals surface area contributed by atoms with Crippen LogP contribution in [0, 0.1) is 0 Å². The maximum atomic E-state index is 12.5. The quantitative estimate of drug-likeness (QED) is 0.809. The minimum Gasteiger partial charge on any atom is -0.479 e. The van der Waals surface area contributed by atoms with Crippen molar-refractivity contribution in [1.82, 2.24) is 20.0 Å². The van der Waals surface area contributed by atoms with E-state index in [9.17, 15) is 4.79 Å². The summed E-state index contributed by atoms with van der Waals surface area (Å²) in [6, 6.07) is 3.27. The van der Waals surface area contributed by atoms with Gasteiger partial charge >= 0.3 is 0 Å². The summed E-state index contributed by atoms with van der Waals surface area (Å²) in [7, 11) is 5.20. The summed E-state index contributed by atoms with van der Waals surface area (Å²) < 4.78 is 15.7. The van der Waals surface area contributed by atoms with Crippen molar-refractivity contribution in [2.45, 2.75) is 6.10 Å². The first-order chi connectivity index (χ1) is 11.6. The van der Waals surface area contributed by atoms with Crippen LogP contribution in [0.5, 0.6) is 5.88 Å². The molecule has 1 fully saturated rings. The first-order valence-electron chi connectivity index (χ1n) is 7.50. The van der Waals surface area contributed by atoms with Crippen LogP contribution in [0.25, 0.3) is 0 Å². The molecule has 0 aromatic carbocycles. The average Bonchev–Trinajstić information content (AvgIpc) is 3.10. The summed E-state index contributed by atoms with van der Waals surface area (Å²) in [6.07, 6.45) is 1.37. The van der Waals surface area contributed by atoms with Crippen molar-refractivity contribution >= 4 is 11.9 Å². The van der Waals surface area contributed by atoms with Crippen molar-refractivity contribution in [3.8, 4) is 5.88 Å². The van der Waals surface area contributed by atoms with Gasteiger partial charge in [0.2, 0.25) is 11.7 Å². The molecule has 128 valence electrons. The van der Waals surface area contributed by atoms with Gasteiger partial charge in [-0.3, -0.25) is 4.79 Å². The number of methoxy groups -OCH3 is 1. The van der Waals surface area contributed by atoms with Gasteiger partial charge in [0.15, 0.2) is 0 Å². The molecule has 9 heteroatoms. The molecule has 1 unspecified atom stereocenters. The molecule has 1 atom stereocenters.